The molecule has 1 atom stereocenters. The van der Waals surface area contributed by atoms with E-state index in [0.29, 0.717) is 12.3 Å². The number of hydrogen-bond acceptors (Lipinski definition) is 3. The van der Waals surface area contributed by atoms with E-state index in [0.717, 1.165) is 36.6 Å². The lowest BCUT2D eigenvalue weighted by atomic mass is 9.98. The number of alkyl halides is 3. The fourth-order valence-corrected chi connectivity index (χ4v) is 2.93. The van der Waals surface area contributed by atoms with E-state index in [-0.39, 0.29) is 5.69 Å². The van der Waals surface area contributed by atoms with Crippen molar-refractivity contribution in [3.05, 3.63) is 17.5 Å². The Bertz CT molecular complexity index is 505. The highest BCUT2D eigenvalue weighted by Gasteiger charge is 2.37. The number of methoxy groups -OCH3 is 1. The molecule has 21 heavy (non-hydrogen) atoms. The van der Waals surface area contributed by atoms with Gasteiger partial charge in [-0.3, -0.25) is 4.68 Å². The first-order chi connectivity index (χ1) is 9.82. The number of halogens is 3. The Balaban J connectivity index is 2.26. The Morgan fingerprint density at radius 1 is 1.48 bits per heavy atom. The van der Waals surface area contributed by atoms with Crippen molar-refractivity contribution in [1.29, 1.82) is 0 Å². The van der Waals surface area contributed by atoms with Crippen LogP contribution in [0.5, 0.6) is 0 Å². The van der Waals surface area contributed by atoms with Crippen LogP contribution in [0.25, 0.3) is 0 Å². The SMILES string of the molecule is COC(=O)[C@H](CC1CCCC1)n1cc(C(F)(F)F)c(C)n1. The molecule has 0 aromatic carbocycles. The molecule has 1 aromatic rings. The van der Waals surface area contributed by atoms with Crippen LogP contribution in [0, 0.1) is 12.8 Å². The molecule has 7 heteroatoms. The van der Waals surface area contributed by atoms with Crippen molar-refractivity contribution >= 4 is 5.97 Å². The first kappa shape index (κ1) is 15.9. The second-order valence-electron chi connectivity index (χ2n) is 5.53. The van der Waals surface area contributed by atoms with Gasteiger partial charge in [0.2, 0.25) is 0 Å². The molecule has 1 fully saturated rings. The summed E-state index contributed by atoms with van der Waals surface area (Å²) in [5.74, 6) is -0.203. The summed E-state index contributed by atoms with van der Waals surface area (Å²) in [5.41, 5.74) is -0.925. The minimum absolute atomic E-state index is 0.122. The molecule has 0 unspecified atom stereocenters. The van der Waals surface area contributed by atoms with Crippen molar-refractivity contribution in [1.82, 2.24) is 9.78 Å². The summed E-state index contributed by atoms with van der Waals surface area (Å²) in [4.78, 5) is 11.9. The summed E-state index contributed by atoms with van der Waals surface area (Å²) in [7, 11) is 1.24. The van der Waals surface area contributed by atoms with Gasteiger partial charge in [0.15, 0.2) is 0 Å². The fraction of sp³-hybridized carbons (Fsp3) is 0.714. The minimum Gasteiger partial charge on any atom is -0.467 e. The normalized spacial score (nSPS) is 18.0. The standard InChI is InChI=1S/C14H19F3N2O2/c1-9-11(14(15,16)17)8-19(18-9)12(13(20)21-2)7-10-5-3-4-6-10/h8,10,12H,3-7H2,1-2H3/t12-/m0/s1. The molecule has 0 N–H and O–H groups in total. The topological polar surface area (TPSA) is 44.1 Å². The molecule has 0 amide bonds. The lowest BCUT2D eigenvalue weighted by Crippen LogP contribution is -2.23. The number of aromatic nitrogens is 2. The molecule has 2 rings (SSSR count). The van der Waals surface area contributed by atoms with E-state index in [4.69, 9.17) is 4.74 Å². The predicted molar refractivity (Wildman–Crippen MR) is 69.6 cm³/mol. The van der Waals surface area contributed by atoms with Crippen molar-refractivity contribution in [2.75, 3.05) is 7.11 Å². The van der Waals surface area contributed by atoms with Crippen molar-refractivity contribution in [2.45, 2.75) is 51.2 Å². The molecule has 118 valence electrons. The molecule has 0 radical (unpaired) electrons. The zero-order chi connectivity index (χ0) is 15.6. The van der Waals surface area contributed by atoms with E-state index in [1.807, 2.05) is 0 Å². The summed E-state index contributed by atoms with van der Waals surface area (Å²) in [6.07, 6.45) is 1.13. The Morgan fingerprint density at radius 2 is 2.10 bits per heavy atom. The van der Waals surface area contributed by atoms with Crippen LogP contribution >= 0.6 is 0 Å². The Labute approximate surface area is 121 Å². The highest BCUT2D eigenvalue weighted by Crippen LogP contribution is 2.35. The summed E-state index contributed by atoms with van der Waals surface area (Å²) >= 11 is 0. The fourth-order valence-electron chi connectivity index (χ4n) is 2.93. The molecule has 1 heterocycles. The van der Waals surface area contributed by atoms with Gasteiger partial charge in [-0.1, -0.05) is 25.7 Å². The van der Waals surface area contributed by atoms with Gasteiger partial charge in [0.05, 0.1) is 18.4 Å². The number of ether oxygens (including phenoxy) is 1. The number of esters is 1. The van der Waals surface area contributed by atoms with Crippen molar-refractivity contribution < 1.29 is 22.7 Å². The molecule has 1 aliphatic carbocycles. The first-order valence-electron chi connectivity index (χ1n) is 7.03. The van der Waals surface area contributed by atoms with Gasteiger partial charge in [0, 0.05) is 6.20 Å². The summed E-state index contributed by atoms with van der Waals surface area (Å²) in [6, 6.07) is -0.784. The molecule has 1 aromatic heterocycles. The van der Waals surface area contributed by atoms with Gasteiger partial charge in [0.1, 0.15) is 6.04 Å². The second kappa shape index (κ2) is 6.07. The van der Waals surface area contributed by atoms with E-state index in [1.165, 1.54) is 14.0 Å². The predicted octanol–water partition coefficient (Wildman–Crippen LogP) is 3.50. The minimum atomic E-state index is -4.46. The number of aryl methyl sites for hydroxylation is 1. The van der Waals surface area contributed by atoms with Gasteiger partial charge in [-0.05, 0) is 19.3 Å². The van der Waals surface area contributed by atoms with Gasteiger partial charge in [0.25, 0.3) is 0 Å². The molecule has 4 nitrogen and oxygen atoms in total. The van der Waals surface area contributed by atoms with Gasteiger partial charge >= 0.3 is 12.1 Å². The Kier molecular flexibility index (Phi) is 4.58. The molecule has 1 aliphatic rings. The van der Waals surface area contributed by atoms with Crippen LogP contribution in [0.4, 0.5) is 13.2 Å². The molecule has 0 saturated heterocycles. The Morgan fingerprint density at radius 3 is 2.57 bits per heavy atom. The quantitative estimate of drug-likeness (QED) is 0.800. The van der Waals surface area contributed by atoms with Gasteiger partial charge in [-0.2, -0.15) is 18.3 Å². The van der Waals surface area contributed by atoms with Crippen LogP contribution in [-0.2, 0) is 15.7 Å². The van der Waals surface area contributed by atoms with Gasteiger partial charge in [-0.25, -0.2) is 4.79 Å². The third-order valence-corrected chi connectivity index (χ3v) is 4.05. The van der Waals surface area contributed by atoms with Gasteiger partial charge in [-0.15, -0.1) is 0 Å². The number of hydrogen-bond donors (Lipinski definition) is 0. The van der Waals surface area contributed by atoms with E-state index in [1.54, 1.807) is 0 Å². The molecular weight excluding hydrogens is 285 g/mol. The maximum atomic E-state index is 12.8. The van der Waals surface area contributed by atoms with E-state index in [9.17, 15) is 18.0 Å². The lowest BCUT2D eigenvalue weighted by molar-refractivity contribution is -0.146. The molecule has 0 bridgehead atoms. The Hall–Kier alpha value is -1.53. The number of rotatable bonds is 4. The van der Waals surface area contributed by atoms with Crippen LogP contribution in [0.15, 0.2) is 6.20 Å². The first-order valence-corrected chi connectivity index (χ1v) is 7.03. The molecular formula is C14H19F3N2O2. The zero-order valence-corrected chi connectivity index (χ0v) is 12.1. The van der Waals surface area contributed by atoms with Crippen molar-refractivity contribution in [3.63, 3.8) is 0 Å². The lowest BCUT2D eigenvalue weighted by Gasteiger charge is -2.18. The van der Waals surface area contributed by atoms with E-state index >= 15 is 0 Å². The number of nitrogens with zero attached hydrogens (tertiary/aromatic N) is 2. The molecule has 0 spiro atoms. The maximum absolute atomic E-state index is 12.8. The maximum Gasteiger partial charge on any atom is 0.419 e. The second-order valence-corrected chi connectivity index (χ2v) is 5.53. The molecule has 1 saturated carbocycles. The third-order valence-electron chi connectivity index (χ3n) is 4.05. The summed E-state index contributed by atoms with van der Waals surface area (Å²) < 4.78 is 44.4. The summed E-state index contributed by atoms with van der Waals surface area (Å²) in [5, 5.41) is 3.88. The van der Waals surface area contributed by atoms with Crippen LogP contribution in [0.2, 0.25) is 0 Å². The highest BCUT2D eigenvalue weighted by atomic mass is 19.4. The summed E-state index contributed by atoms with van der Waals surface area (Å²) in [6.45, 7) is 1.29. The number of carbonyl (C=O) groups excluding carboxylic acids is 1. The monoisotopic (exact) mass is 304 g/mol. The van der Waals surface area contributed by atoms with Crippen LogP contribution in [-0.4, -0.2) is 22.9 Å². The third kappa shape index (κ3) is 3.57. The van der Waals surface area contributed by atoms with Crippen molar-refractivity contribution in [3.8, 4) is 0 Å². The van der Waals surface area contributed by atoms with Crippen LogP contribution < -0.4 is 0 Å². The highest BCUT2D eigenvalue weighted by molar-refractivity contribution is 5.74. The van der Waals surface area contributed by atoms with E-state index in [2.05, 4.69) is 5.10 Å². The zero-order valence-electron chi connectivity index (χ0n) is 12.1. The van der Waals surface area contributed by atoms with Crippen LogP contribution in [0.3, 0.4) is 0 Å². The van der Waals surface area contributed by atoms with E-state index < -0.39 is 23.8 Å². The largest absolute Gasteiger partial charge is 0.467 e. The van der Waals surface area contributed by atoms with Gasteiger partial charge < -0.3 is 4.74 Å². The smallest absolute Gasteiger partial charge is 0.419 e. The van der Waals surface area contributed by atoms with Crippen molar-refractivity contribution in [2.24, 2.45) is 5.92 Å². The van der Waals surface area contributed by atoms with Crippen LogP contribution in [0.1, 0.15) is 49.4 Å². The average molecular weight is 304 g/mol. The molecule has 0 aliphatic heterocycles. The number of carbonyl (C=O) groups is 1. The average Bonchev–Trinajstić information content (AvgIpc) is 3.03.